The van der Waals surface area contributed by atoms with Crippen molar-refractivity contribution in [2.24, 2.45) is 0 Å². The highest BCUT2D eigenvalue weighted by atomic mass is 16.2. The van der Waals surface area contributed by atoms with Gasteiger partial charge in [-0.2, -0.15) is 0 Å². The van der Waals surface area contributed by atoms with Crippen LogP contribution in [0.2, 0.25) is 0 Å². The van der Waals surface area contributed by atoms with Gasteiger partial charge in [0.15, 0.2) is 0 Å². The van der Waals surface area contributed by atoms with Gasteiger partial charge in [0.25, 0.3) is 0 Å². The molecule has 1 aromatic heterocycles. The molecule has 1 unspecified atom stereocenters. The van der Waals surface area contributed by atoms with Crippen LogP contribution in [0.1, 0.15) is 25.3 Å². The van der Waals surface area contributed by atoms with Crippen LogP contribution in [0, 0.1) is 0 Å². The van der Waals surface area contributed by atoms with Crippen LogP contribution in [0.4, 0.5) is 0 Å². The first-order valence-corrected chi connectivity index (χ1v) is 4.96. The zero-order valence-corrected chi connectivity index (χ0v) is 8.31. The van der Waals surface area contributed by atoms with E-state index in [1.807, 2.05) is 17.0 Å². The van der Waals surface area contributed by atoms with Gasteiger partial charge in [0, 0.05) is 31.4 Å². The molecule has 0 aromatic carbocycles. The molecule has 3 heteroatoms. The Labute approximate surface area is 83.8 Å². The highest BCUT2D eigenvalue weighted by molar-refractivity contribution is 5.78. The zero-order chi connectivity index (χ0) is 9.97. The van der Waals surface area contributed by atoms with Gasteiger partial charge in [-0.1, -0.05) is 0 Å². The van der Waals surface area contributed by atoms with Crippen molar-refractivity contribution in [2.75, 3.05) is 0 Å². The van der Waals surface area contributed by atoms with Crippen LogP contribution >= 0.6 is 0 Å². The van der Waals surface area contributed by atoms with Crippen molar-refractivity contribution in [1.82, 2.24) is 9.88 Å². The lowest BCUT2D eigenvalue weighted by atomic mass is 10.2. The van der Waals surface area contributed by atoms with E-state index in [2.05, 4.69) is 11.9 Å². The lowest BCUT2D eigenvalue weighted by Crippen LogP contribution is -2.30. The Kier molecular flexibility index (Phi) is 2.48. The highest BCUT2D eigenvalue weighted by Gasteiger charge is 2.26. The van der Waals surface area contributed by atoms with Gasteiger partial charge in [0.05, 0.1) is 0 Å². The summed E-state index contributed by atoms with van der Waals surface area (Å²) in [4.78, 5) is 17.4. The van der Waals surface area contributed by atoms with Crippen LogP contribution < -0.4 is 0 Å². The molecule has 1 fully saturated rings. The number of hydrogen-bond donors (Lipinski definition) is 0. The second kappa shape index (κ2) is 3.78. The molecule has 3 nitrogen and oxygen atoms in total. The molecule has 1 aliphatic rings. The number of aromatic nitrogens is 1. The number of nitrogens with zero attached hydrogens (tertiary/aromatic N) is 2. The number of rotatable bonds is 2. The van der Waals surface area contributed by atoms with Gasteiger partial charge in [0.2, 0.25) is 5.91 Å². The maximum absolute atomic E-state index is 11.5. The lowest BCUT2D eigenvalue weighted by molar-refractivity contribution is -0.129. The first kappa shape index (κ1) is 9.19. The van der Waals surface area contributed by atoms with Crippen LogP contribution in [0.5, 0.6) is 0 Å². The summed E-state index contributed by atoms with van der Waals surface area (Å²) in [6.45, 7) is 2.83. The Morgan fingerprint density at radius 2 is 2.21 bits per heavy atom. The topological polar surface area (TPSA) is 33.2 Å². The average Bonchev–Trinajstić information content (AvgIpc) is 2.51. The fraction of sp³-hybridized carbons (Fsp3) is 0.455. The van der Waals surface area contributed by atoms with E-state index in [0.717, 1.165) is 18.5 Å². The molecule has 0 aliphatic carbocycles. The van der Waals surface area contributed by atoms with Gasteiger partial charge in [-0.3, -0.25) is 9.78 Å². The molecule has 0 spiro atoms. The summed E-state index contributed by atoms with van der Waals surface area (Å²) in [6.07, 6.45) is 5.22. The van der Waals surface area contributed by atoms with Gasteiger partial charge in [-0.15, -0.1) is 0 Å². The molecule has 0 N–H and O–H groups in total. The van der Waals surface area contributed by atoms with Gasteiger partial charge in [-0.05, 0) is 31.0 Å². The van der Waals surface area contributed by atoms with Crippen molar-refractivity contribution in [3.63, 3.8) is 0 Å². The molecule has 2 heterocycles. The number of hydrogen-bond acceptors (Lipinski definition) is 2. The third kappa shape index (κ3) is 1.76. The summed E-state index contributed by atoms with van der Waals surface area (Å²) in [5.41, 5.74) is 1.15. The smallest absolute Gasteiger partial charge is 0.223 e. The molecule has 0 bridgehead atoms. The second-order valence-electron chi connectivity index (χ2n) is 3.76. The fourth-order valence-electron chi connectivity index (χ4n) is 1.81. The van der Waals surface area contributed by atoms with E-state index in [1.165, 1.54) is 0 Å². The van der Waals surface area contributed by atoms with Gasteiger partial charge in [-0.25, -0.2) is 0 Å². The highest BCUT2D eigenvalue weighted by Crippen LogP contribution is 2.20. The van der Waals surface area contributed by atoms with E-state index in [-0.39, 0.29) is 5.91 Å². The Bertz CT molecular complexity index is 323. The summed E-state index contributed by atoms with van der Waals surface area (Å²) in [5.74, 6) is 0.273. The van der Waals surface area contributed by atoms with E-state index in [1.54, 1.807) is 12.4 Å². The standard InChI is InChI=1S/C11H14N2O/c1-9-2-3-11(14)13(9)8-10-4-6-12-7-5-10/h4-7,9H,2-3,8H2,1H3. The molecule has 0 radical (unpaired) electrons. The molecule has 1 amide bonds. The first-order chi connectivity index (χ1) is 6.77. The Balaban J connectivity index is 2.07. The van der Waals surface area contributed by atoms with Gasteiger partial charge in [0.1, 0.15) is 0 Å². The fourth-order valence-corrected chi connectivity index (χ4v) is 1.81. The third-order valence-corrected chi connectivity index (χ3v) is 2.73. The van der Waals surface area contributed by atoms with Crippen molar-refractivity contribution < 1.29 is 4.79 Å². The molecule has 1 atom stereocenters. The number of likely N-dealkylation sites (tertiary alicyclic amines) is 1. The minimum atomic E-state index is 0.273. The van der Waals surface area contributed by atoms with Crippen molar-refractivity contribution in [3.8, 4) is 0 Å². The Hall–Kier alpha value is -1.38. The average molecular weight is 190 g/mol. The van der Waals surface area contributed by atoms with E-state index >= 15 is 0 Å². The van der Waals surface area contributed by atoms with Crippen LogP contribution in [0.15, 0.2) is 24.5 Å². The predicted octanol–water partition coefficient (Wildman–Crippen LogP) is 1.59. The number of carbonyl (C=O) groups excluding carboxylic acids is 1. The zero-order valence-electron chi connectivity index (χ0n) is 8.31. The van der Waals surface area contributed by atoms with Crippen molar-refractivity contribution >= 4 is 5.91 Å². The quantitative estimate of drug-likeness (QED) is 0.709. The number of carbonyl (C=O) groups is 1. The van der Waals surface area contributed by atoms with Crippen molar-refractivity contribution in [1.29, 1.82) is 0 Å². The minimum Gasteiger partial charge on any atom is -0.336 e. The largest absolute Gasteiger partial charge is 0.336 e. The molecule has 2 rings (SSSR count). The summed E-state index contributed by atoms with van der Waals surface area (Å²) < 4.78 is 0. The Morgan fingerprint density at radius 3 is 2.79 bits per heavy atom. The molecule has 0 saturated carbocycles. The minimum absolute atomic E-state index is 0.273. The van der Waals surface area contributed by atoms with Crippen LogP contribution in [-0.4, -0.2) is 21.8 Å². The van der Waals surface area contributed by atoms with E-state index in [0.29, 0.717) is 12.5 Å². The third-order valence-electron chi connectivity index (χ3n) is 2.73. The van der Waals surface area contributed by atoms with Crippen molar-refractivity contribution in [2.45, 2.75) is 32.4 Å². The molecule has 1 saturated heterocycles. The summed E-state index contributed by atoms with van der Waals surface area (Å²) in [5, 5.41) is 0. The summed E-state index contributed by atoms with van der Waals surface area (Å²) >= 11 is 0. The van der Waals surface area contributed by atoms with E-state index in [4.69, 9.17) is 0 Å². The predicted molar refractivity (Wildman–Crippen MR) is 53.5 cm³/mol. The monoisotopic (exact) mass is 190 g/mol. The SMILES string of the molecule is CC1CCC(=O)N1Cc1ccncc1. The van der Waals surface area contributed by atoms with Crippen LogP contribution in [-0.2, 0) is 11.3 Å². The summed E-state index contributed by atoms with van der Waals surface area (Å²) in [6, 6.07) is 4.30. The second-order valence-corrected chi connectivity index (χ2v) is 3.76. The Morgan fingerprint density at radius 1 is 1.50 bits per heavy atom. The van der Waals surface area contributed by atoms with Crippen LogP contribution in [0.3, 0.4) is 0 Å². The molecular formula is C11H14N2O. The number of amides is 1. The van der Waals surface area contributed by atoms with Crippen LogP contribution in [0.25, 0.3) is 0 Å². The van der Waals surface area contributed by atoms with Gasteiger partial charge >= 0.3 is 0 Å². The number of pyridine rings is 1. The summed E-state index contributed by atoms with van der Waals surface area (Å²) in [7, 11) is 0. The lowest BCUT2D eigenvalue weighted by Gasteiger charge is -2.21. The van der Waals surface area contributed by atoms with Gasteiger partial charge < -0.3 is 4.90 Å². The molecule has 14 heavy (non-hydrogen) atoms. The maximum atomic E-state index is 11.5. The normalized spacial score (nSPS) is 21.6. The van der Waals surface area contributed by atoms with E-state index < -0.39 is 0 Å². The molecule has 74 valence electrons. The van der Waals surface area contributed by atoms with E-state index in [9.17, 15) is 4.79 Å². The first-order valence-electron chi connectivity index (χ1n) is 4.96. The van der Waals surface area contributed by atoms with Crippen molar-refractivity contribution in [3.05, 3.63) is 30.1 Å². The molecule has 1 aromatic rings. The maximum Gasteiger partial charge on any atom is 0.223 e. The molecule has 1 aliphatic heterocycles. The molecular weight excluding hydrogens is 176 g/mol.